The molecule has 0 bridgehead atoms. The highest BCUT2D eigenvalue weighted by molar-refractivity contribution is 6.10. The van der Waals surface area contributed by atoms with Gasteiger partial charge in [-0.2, -0.15) is 0 Å². The number of Topliss-reactive ketones (excluding diaryl/α,β-unsaturated/α-hetero) is 1. The summed E-state index contributed by atoms with van der Waals surface area (Å²) < 4.78 is 5.55. The summed E-state index contributed by atoms with van der Waals surface area (Å²) in [7, 11) is 0. The van der Waals surface area contributed by atoms with Gasteiger partial charge in [-0.15, -0.1) is 0 Å². The zero-order valence-electron chi connectivity index (χ0n) is 19.8. The fourth-order valence-corrected chi connectivity index (χ4v) is 5.94. The van der Waals surface area contributed by atoms with Crippen LogP contribution in [0.2, 0.25) is 0 Å². The van der Waals surface area contributed by atoms with Gasteiger partial charge in [-0.1, -0.05) is 73.5 Å². The maximum atomic E-state index is 13.7. The number of esters is 1. The van der Waals surface area contributed by atoms with Crippen LogP contribution >= 0.6 is 0 Å². The van der Waals surface area contributed by atoms with Crippen molar-refractivity contribution < 1.29 is 14.3 Å². The molecular formula is C30H30O3. The van der Waals surface area contributed by atoms with Crippen LogP contribution in [0, 0.1) is 5.41 Å². The number of ether oxygens (including phenoxy) is 1. The van der Waals surface area contributed by atoms with E-state index in [0.717, 1.165) is 44.7 Å². The number of rotatable bonds is 3. The molecule has 0 fully saturated rings. The average molecular weight is 439 g/mol. The third kappa shape index (κ3) is 3.60. The van der Waals surface area contributed by atoms with Crippen LogP contribution in [0.25, 0.3) is 21.5 Å². The molecule has 0 heterocycles. The van der Waals surface area contributed by atoms with E-state index < -0.39 is 5.92 Å². The molecule has 0 aromatic heterocycles. The lowest BCUT2D eigenvalue weighted by Crippen LogP contribution is -2.33. The van der Waals surface area contributed by atoms with Gasteiger partial charge in [0.15, 0.2) is 5.78 Å². The van der Waals surface area contributed by atoms with Gasteiger partial charge in [0.25, 0.3) is 0 Å². The van der Waals surface area contributed by atoms with Crippen LogP contribution in [0.1, 0.15) is 58.4 Å². The topological polar surface area (TPSA) is 43.4 Å². The van der Waals surface area contributed by atoms with E-state index in [2.05, 4.69) is 44.2 Å². The van der Waals surface area contributed by atoms with Gasteiger partial charge in [-0.05, 0) is 65.3 Å². The SMILES string of the molecule is CCOC(=O)C1=C(C)CC2=C(C(=O)CC(C)(C)C2)C1c1c2ccccc2cc2ccccc12. The van der Waals surface area contributed by atoms with Crippen LogP contribution in [0.4, 0.5) is 0 Å². The lowest BCUT2D eigenvalue weighted by Gasteiger charge is -2.39. The van der Waals surface area contributed by atoms with Crippen molar-refractivity contribution in [2.75, 3.05) is 6.61 Å². The lowest BCUT2D eigenvalue weighted by atomic mass is 9.63. The Morgan fingerprint density at radius 3 is 2.21 bits per heavy atom. The van der Waals surface area contributed by atoms with Crippen molar-refractivity contribution in [3.63, 3.8) is 0 Å². The number of hydrogen-bond donors (Lipinski definition) is 0. The van der Waals surface area contributed by atoms with E-state index in [1.807, 2.05) is 38.1 Å². The highest BCUT2D eigenvalue weighted by Gasteiger charge is 2.43. The number of benzene rings is 3. The van der Waals surface area contributed by atoms with Crippen molar-refractivity contribution in [3.8, 4) is 0 Å². The first kappa shape index (κ1) is 21.6. The van der Waals surface area contributed by atoms with E-state index in [4.69, 9.17) is 4.74 Å². The van der Waals surface area contributed by atoms with E-state index >= 15 is 0 Å². The van der Waals surface area contributed by atoms with Crippen LogP contribution < -0.4 is 0 Å². The Hall–Kier alpha value is -3.20. The van der Waals surface area contributed by atoms with Crippen molar-refractivity contribution in [1.29, 1.82) is 0 Å². The number of carbonyl (C=O) groups excluding carboxylic acids is 2. The van der Waals surface area contributed by atoms with Crippen molar-refractivity contribution in [2.24, 2.45) is 5.41 Å². The molecule has 0 radical (unpaired) electrons. The van der Waals surface area contributed by atoms with E-state index in [1.165, 1.54) is 5.57 Å². The molecule has 0 amide bonds. The molecule has 0 N–H and O–H groups in total. The molecule has 3 nitrogen and oxygen atoms in total. The Labute approximate surface area is 195 Å². The highest BCUT2D eigenvalue weighted by atomic mass is 16.5. The maximum absolute atomic E-state index is 13.7. The monoisotopic (exact) mass is 438 g/mol. The highest BCUT2D eigenvalue weighted by Crippen LogP contribution is 2.52. The minimum Gasteiger partial charge on any atom is -0.463 e. The molecule has 2 aliphatic carbocycles. The van der Waals surface area contributed by atoms with Crippen molar-refractivity contribution >= 4 is 33.3 Å². The number of fused-ring (bicyclic) bond motifs is 2. The van der Waals surface area contributed by atoms with Crippen molar-refractivity contribution in [2.45, 2.75) is 52.9 Å². The largest absolute Gasteiger partial charge is 0.463 e. The van der Waals surface area contributed by atoms with E-state index in [0.29, 0.717) is 25.0 Å². The van der Waals surface area contributed by atoms with Gasteiger partial charge >= 0.3 is 5.97 Å². The van der Waals surface area contributed by atoms with Crippen molar-refractivity contribution in [3.05, 3.63) is 82.5 Å². The smallest absolute Gasteiger partial charge is 0.334 e. The van der Waals surface area contributed by atoms with E-state index in [-0.39, 0.29) is 17.2 Å². The molecule has 0 aliphatic heterocycles. The van der Waals surface area contributed by atoms with Gasteiger partial charge in [-0.25, -0.2) is 4.79 Å². The first-order valence-corrected chi connectivity index (χ1v) is 11.8. The second-order valence-electron chi connectivity index (χ2n) is 10.2. The average Bonchev–Trinajstić information content (AvgIpc) is 2.75. The maximum Gasteiger partial charge on any atom is 0.334 e. The Morgan fingerprint density at radius 1 is 1.00 bits per heavy atom. The molecule has 5 rings (SSSR count). The molecule has 3 aromatic carbocycles. The van der Waals surface area contributed by atoms with Crippen LogP contribution in [-0.2, 0) is 14.3 Å². The Bertz CT molecular complexity index is 1320. The number of hydrogen-bond acceptors (Lipinski definition) is 3. The van der Waals surface area contributed by atoms with E-state index in [1.54, 1.807) is 0 Å². The van der Waals surface area contributed by atoms with Gasteiger partial charge in [0.05, 0.1) is 6.61 Å². The minimum atomic E-state index is -0.410. The minimum absolute atomic E-state index is 0.0665. The summed E-state index contributed by atoms with van der Waals surface area (Å²) in [4.78, 5) is 27.1. The molecule has 2 aliphatic rings. The van der Waals surface area contributed by atoms with Crippen LogP contribution in [0.3, 0.4) is 0 Å². The van der Waals surface area contributed by atoms with Gasteiger partial charge in [0.1, 0.15) is 0 Å². The molecule has 1 unspecified atom stereocenters. The predicted octanol–water partition coefficient (Wildman–Crippen LogP) is 7.05. The molecule has 3 aromatic rings. The summed E-state index contributed by atoms with van der Waals surface area (Å²) >= 11 is 0. The summed E-state index contributed by atoms with van der Waals surface area (Å²) in [6.07, 6.45) is 2.04. The third-order valence-electron chi connectivity index (χ3n) is 7.12. The fraction of sp³-hybridized carbons (Fsp3) is 0.333. The second kappa shape index (κ2) is 7.98. The fourth-order valence-electron chi connectivity index (χ4n) is 5.94. The van der Waals surface area contributed by atoms with Gasteiger partial charge in [-0.3, -0.25) is 4.79 Å². The second-order valence-corrected chi connectivity index (χ2v) is 10.2. The van der Waals surface area contributed by atoms with Gasteiger partial charge < -0.3 is 4.74 Å². The quantitative estimate of drug-likeness (QED) is 0.325. The zero-order chi connectivity index (χ0) is 23.3. The summed E-state index contributed by atoms with van der Waals surface area (Å²) in [5.41, 5.74) is 4.65. The Kier molecular flexibility index (Phi) is 5.23. The zero-order valence-corrected chi connectivity index (χ0v) is 19.8. The first-order chi connectivity index (χ1) is 15.8. The molecule has 0 saturated carbocycles. The first-order valence-electron chi connectivity index (χ1n) is 11.8. The standard InChI is InChI=1S/C30H30O3/c1-5-33-29(32)25-18(2)14-21-16-30(3,4)17-24(31)26(21)28(25)27-22-12-8-6-10-19(22)15-20-11-7-9-13-23(20)27/h6-13,15,28H,5,14,16-17H2,1-4H3. The van der Waals surface area contributed by atoms with Crippen LogP contribution in [-0.4, -0.2) is 18.4 Å². The normalized spacial score (nSPS) is 20.4. The molecule has 168 valence electrons. The summed E-state index contributed by atoms with van der Waals surface area (Å²) in [6, 6.07) is 18.8. The summed E-state index contributed by atoms with van der Waals surface area (Å²) in [5.74, 6) is -0.550. The Balaban J connectivity index is 1.88. The number of carbonyl (C=O) groups is 2. The molecule has 1 atom stereocenters. The molecule has 33 heavy (non-hydrogen) atoms. The van der Waals surface area contributed by atoms with E-state index in [9.17, 15) is 9.59 Å². The van der Waals surface area contributed by atoms with Crippen molar-refractivity contribution in [1.82, 2.24) is 0 Å². The molecule has 3 heteroatoms. The third-order valence-corrected chi connectivity index (χ3v) is 7.12. The predicted molar refractivity (Wildman–Crippen MR) is 133 cm³/mol. The van der Waals surface area contributed by atoms with Crippen LogP contribution in [0.5, 0.6) is 0 Å². The van der Waals surface area contributed by atoms with Crippen LogP contribution in [0.15, 0.2) is 76.9 Å². The molecule has 0 saturated heterocycles. The van der Waals surface area contributed by atoms with Gasteiger partial charge in [0, 0.05) is 23.5 Å². The number of allylic oxidation sites excluding steroid dienone is 3. The summed E-state index contributed by atoms with van der Waals surface area (Å²) in [6.45, 7) is 8.50. The Morgan fingerprint density at radius 2 is 1.61 bits per heavy atom. The lowest BCUT2D eigenvalue weighted by molar-refractivity contribution is -0.138. The molecule has 0 spiro atoms. The van der Waals surface area contributed by atoms with Gasteiger partial charge in [0.2, 0.25) is 0 Å². The summed E-state index contributed by atoms with van der Waals surface area (Å²) in [5, 5.41) is 4.40. The number of ketones is 1. The molecular weight excluding hydrogens is 408 g/mol.